The lowest BCUT2D eigenvalue weighted by atomic mass is 9.75. The molecule has 23 nitrogen and oxygen atoms in total. The van der Waals surface area contributed by atoms with Gasteiger partial charge in [0.2, 0.25) is 0 Å². The van der Waals surface area contributed by atoms with Gasteiger partial charge in [-0.25, -0.2) is 33.6 Å². The number of carbonyl (C=O) groups is 10. The molecule has 0 atom stereocenters. The molecule has 0 aromatic heterocycles. The molecule has 0 spiro atoms. The van der Waals surface area contributed by atoms with Crippen LogP contribution in [0.3, 0.4) is 0 Å². The molecule has 8 aromatic rings. The minimum absolute atomic E-state index is 0.00391. The summed E-state index contributed by atoms with van der Waals surface area (Å²) in [6.07, 6.45) is -0.511. The number of halogens is 9. The van der Waals surface area contributed by atoms with E-state index in [9.17, 15) is 47.9 Å². The molecular weight excluding hydrogens is 1950 g/mol. The molecule has 1 aliphatic heterocycles. The topological polar surface area (TPSA) is 326 Å². The van der Waals surface area contributed by atoms with Crippen LogP contribution in [0.2, 0.25) is 35.2 Å². The Balaban J connectivity index is 0.000000374. The van der Waals surface area contributed by atoms with Gasteiger partial charge in [-0.15, -0.1) is 0 Å². The van der Waals surface area contributed by atoms with Crippen LogP contribution < -0.4 is 15.5 Å². The van der Waals surface area contributed by atoms with Crippen molar-refractivity contribution in [1.29, 1.82) is 0 Å². The van der Waals surface area contributed by atoms with Gasteiger partial charge in [0.05, 0.1) is 85.2 Å². The Hall–Kier alpha value is -8.27. The number of carboxylic acid groups (broad SMARTS) is 3. The van der Waals surface area contributed by atoms with E-state index in [2.05, 4.69) is 60.0 Å². The number of amides is 1. The lowest BCUT2D eigenvalue weighted by Gasteiger charge is -2.32. The molecule has 1 saturated heterocycles. The third-order valence-corrected chi connectivity index (χ3v) is 22.5. The Morgan fingerprint density at radius 1 is 0.393 bits per heavy atom. The number of benzene rings is 8. The number of esters is 6. The number of anilines is 1. The number of hydrogen-bond donors (Lipinski definition) is 4. The summed E-state index contributed by atoms with van der Waals surface area (Å²) in [5, 5.41) is 32.1. The molecule has 1 heterocycles. The molecule has 0 radical (unpaired) electrons. The fraction of sp³-hybridized carbons (Fsp3) is 0.348. The lowest BCUT2D eigenvalue weighted by molar-refractivity contribution is -0.155. The van der Waals surface area contributed by atoms with Gasteiger partial charge in [0.15, 0.2) is 0 Å². The molecular formula is C89H99BCl7I2NO22. The minimum atomic E-state index is -1.08. The number of aromatic carboxylic acids is 3. The number of ether oxygens (including phenoxy) is 7. The number of rotatable bonds is 15. The van der Waals surface area contributed by atoms with Crippen LogP contribution >= 0.6 is 126 Å². The number of para-hydroxylation sites is 1. The predicted octanol–water partition coefficient (Wildman–Crippen LogP) is 22.8. The second-order valence-electron chi connectivity index (χ2n) is 31.1. The van der Waals surface area contributed by atoms with Crippen LogP contribution in [0.15, 0.2) is 121 Å². The number of hydrogen-bond acceptors (Lipinski definition) is 19. The Morgan fingerprint density at radius 3 is 1.07 bits per heavy atom. The van der Waals surface area contributed by atoms with E-state index in [0.717, 1.165) is 46.0 Å². The van der Waals surface area contributed by atoms with Crippen LogP contribution in [0.25, 0.3) is 0 Å². The molecule has 8 aromatic carbocycles. The van der Waals surface area contributed by atoms with E-state index >= 15 is 0 Å². The third kappa shape index (κ3) is 35.4. The number of carboxylic acids is 3. The molecule has 0 bridgehead atoms. The van der Waals surface area contributed by atoms with Crippen molar-refractivity contribution in [3.8, 4) is 5.75 Å². The minimum Gasteiger partial charge on any atom is -0.478 e. The lowest BCUT2D eigenvalue weighted by Crippen LogP contribution is -2.41. The Bertz CT molecular complexity index is 5090. The number of nitrogens with one attached hydrogen (secondary N) is 1. The van der Waals surface area contributed by atoms with Crippen LogP contribution in [0.5, 0.6) is 5.75 Å². The van der Waals surface area contributed by atoms with Crippen molar-refractivity contribution in [2.75, 3.05) is 26.6 Å². The fourth-order valence-electron chi connectivity index (χ4n) is 10.1. The van der Waals surface area contributed by atoms with Crippen LogP contribution in [0.1, 0.15) is 208 Å². The highest BCUT2D eigenvalue weighted by Crippen LogP contribution is 2.38. The normalized spacial score (nSPS) is 12.2. The number of aryl methyl sites for hydroxylation is 1. The highest BCUT2D eigenvalue weighted by atomic mass is 127. The summed E-state index contributed by atoms with van der Waals surface area (Å²) in [5.74, 6) is -4.97. The van der Waals surface area contributed by atoms with Crippen LogP contribution in [-0.2, 0) is 71.4 Å². The van der Waals surface area contributed by atoms with E-state index in [1.54, 1.807) is 134 Å². The van der Waals surface area contributed by atoms with Gasteiger partial charge in [0.1, 0.15) is 22.6 Å². The summed E-state index contributed by atoms with van der Waals surface area (Å²) in [4.78, 5) is 114. The van der Waals surface area contributed by atoms with Crippen LogP contribution in [0, 0.1) is 55.6 Å². The summed E-state index contributed by atoms with van der Waals surface area (Å²) in [6, 6.07) is 32.4. The Morgan fingerprint density at radius 2 is 0.705 bits per heavy atom. The molecule has 0 unspecified atom stereocenters. The van der Waals surface area contributed by atoms with Gasteiger partial charge >= 0.3 is 66.9 Å². The Kier molecular flexibility index (Phi) is 42.2. The first kappa shape index (κ1) is 108. The van der Waals surface area contributed by atoms with Gasteiger partial charge in [-0.1, -0.05) is 105 Å². The second-order valence-corrected chi connectivity index (χ2v) is 36.3. The highest BCUT2D eigenvalue weighted by Gasteiger charge is 2.52. The van der Waals surface area contributed by atoms with Gasteiger partial charge in [-0.3, -0.25) is 19.7 Å². The molecule has 0 aliphatic carbocycles. The van der Waals surface area contributed by atoms with Gasteiger partial charge in [0.25, 0.3) is 0 Å². The van der Waals surface area contributed by atoms with E-state index in [1.165, 1.54) is 57.7 Å². The van der Waals surface area contributed by atoms with Gasteiger partial charge < -0.3 is 57.8 Å². The third-order valence-electron chi connectivity index (χ3n) is 17.4. The van der Waals surface area contributed by atoms with Crippen molar-refractivity contribution < 1.29 is 106 Å². The van der Waals surface area contributed by atoms with Crippen molar-refractivity contribution >= 4 is 204 Å². The molecule has 1 aliphatic rings. The monoisotopic (exact) mass is 2040 g/mol. The molecule has 9 rings (SSSR count). The first-order valence-corrected chi connectivity index (χ1v) is 41.8. The first-order valence-electron chi connectivity index (χ1n) is 37.0. The maximum absolute atomic E-state index is 12.1. The van der Waals surface area contributed by atoms with Gasteiger partial charge in [-0.05, 0) is 342 Å². The van der Waals surface area contributed by atoms with Crippen molar-refractivity contribution in [1.82, 2.24) is 0 Å². The van der Waals surface area contributed by atoms with Crippen molar-refractivity contribution in [2.45, 2.75) is 186 Å². The van der Waals surface area contributed by atoms with Crippen molar-refractivity contribution in [3.63, 3.8) is 0 Å². The smallest absolute Gasteiger partial charge is 0.478 e. The van der Waals surface area contributed by atoms with Crippen molar-refractivity contribution in [2.24, 2.45) is 0 Å². The van der Waals surface area contributed by atoms with Crippen LogP contribution in [-0.4, -0.2) is 132 Å². The molecule has 0 saturated carbocycles. The predicted molar refractivity (Wildman–Crippen MR) is 494 cm³/mol. The molecule has 4 N–H and O–H groups in total. The average Bonchev–Trinajstić information content (AvgIpc) is 1.61. The summed E-state index contributed by atoms with van der Waals surface area (Å²) in [6.45, 7) is 36.9. The molecule has 122 heavy (non-hydrogen) atoms. The van der Waals surface area contributed by atoms with Crippen LogP contribution in [0.4, 0.5) is 10.5 Å². The average molecular weight is 2050 g/mol. The molecule has 658 valence electrons. The maximum Gasteiger partial charge on any atom is 0.495 e. The molecule has 33 heteroatoms. The van der Waals surface area contributed by atoms with E-state index in [-0.39, 0.29) is 53.9 Å². The zero-order chi connectivity index (χ0) is 93.4. The second kappa shape index (κ2) is 47.7. The van der Waals surface area contributed by atoms with E-state index in [0.29, 0.717) is 85.5 Å². The maximum atomic E-state index is 12.1. The summed E-state index contributed by atoms with van der Waals surface area (Å²) in [7, 11) is 3.43. The first-order chi connectivity index (χ1) is 56.1. The zero-order valence-electron chi connectivity index (χ0n) is 71.7. The largest absolute Gasteiger partial charge is 0.495 e. The summed E-state index contributed by atoms with van der Waals surface area (Å²) >= 11 is 46.1. The van der Waals surface area contributed by atoms with E-state index in [1.807, 2.05) is 89.2 Å². The van der Waals surface area contributed by atoms with Crippen molar-refractivity contribution in [3.05, 3.63) is 253 Å². The standard InChI is InChI=1S/C20H22ClNO4.C15H20BClO4.C15H19ClO4.C14H17ClO4.C9H8ClIO2.C8H6ClIO2.C8H7ClO2/c1-13-14(11-18(23)26-20(2,3)4)10-15(12-17(13)21)22-19(24)25-16-8-6-5-7-9-16;1-9-11(7-10(8-12(9)17)13(18)19-6)16-20-14(2,3)15(4,5)21-16;1-9-10(8-13(17)20-15(2,3)4)6-11(7-12(9)16)14(18)19-5;1-8-9(7-12(16)19-14(2,3)4)5-10(13(17)18)6-11(8)15;1-5-7(10)3-6(4-8(5)11)9(12)13-2;1-4-6(9)2-5(8(11)12)3-7(4)10;1-5-2-3-6(8(10)11)4-7(5)9/h5-10,12H,11H2,1-4H3,(H,22,24);7-8H,1-6H3;6-7H,8H2,1-5H3;5-6H,7H2,1-4H3,(H,17,18);3-4H,1-2H3;2-3H,1H3,(H,11,12);2-4H,1H3,(H,10,11). The zero-order valence-corrected chi connectivity index (χ0v) is 81.4. The number of carbonyl (C=O) groups excluding carboxylic acids is 7. The highest BCUT2D eigenvalue weighted by molar-refractivity contribution is 14.1. The molecule has 1 fully saturated rings. The van der Waals surface area contributed by atoms with Gasteiger partial charge in [-0.2, -0.15) is 0 Å². The summed E-state index contributed by atoms with van der Waals surface area (Å²) in [5.41, 5.74) is 8.08. The molecule has 1 amide bonds. The quantitative estimate of drug-likeness (QED) is 0.0321. The van der Waals surface area contributed by atoms with Gasteiger partial charge in [0, 0.05) is 48.0 Å². The Labute approximate surface area is 774 Å². The SMILES string of the molecule is COC(=O)c1cc(Cl)c(C)c(B2OC(C)(C)C(C)(C)O2)c1.COC(=O)c1cc(Cl)c(C)c(CC(=O)OC(C)(C)C)c1.COC(=O)c1cc(Cl)c(C)c(I)c1.Cc1c(Cl)cc(C(=O)O)cc1CC(=O)OC(C)(C)C.Cc1c(Cl)cc(C(=O)O)cc1I.Cc1c(Cl)cc(NC(=O)Oc2ccccc2)cc1CC(=O)OC(C)(C)C.Cc1ccc(C(=O)O)cc1Cl. The number of methoxy groups -OCH3 is 3. The fourth-order valence-corrected chi connectivity index (χ4v) is 13.2. The summed E-state index contributed by atoms with van der Waals surface area (Å²) < 4.78 is 48.9. The van der Waals surface area contributed by atoms with E-state index < -0.39 is 77.0 Å². The van der Waals surface area contributed by atoms with E-state index in [4.69, 9.17) is 130 Å².